The van der Waals surface area contributed by atoms with Crippen LogP contribution in [-0.4, -0.2) is 39.8 Å². The van der Waals surface area contributed by atoms with Crippen LogP contribution in [0, 0.1) is 6.92 Å². The molecule has 1 heterocycles. The lowest BCUT2D eigenvalue weighted by atomic mass is 10.3. The smallest absolute Gasteiger partial charge is 0.295 e. The van der Waals surface area contributed by atoms with E-state index in [2.05, 4.69) is 21.5 Å². The van der Waals surface area contributed by atoms with Crippen molar-refractivity contribution in [2.24, 2.45) is 7.05 Å². The van der Waals surface area contributed by atoms with Crippen molar-refractivity contribution >= 4 is 40.3 Å². The Hall–Kier alpha value is -2.43. The van der Waals surface area contributed by atoms with Crippen LogP contribution in [0.25, 0.3) is 5.69 Å². The van der Waals surface area contributed by atoms with Crippen LogP contribution in [0.4, 0.5) is 5.69 Å². The predicted molar refractivity (Wildman–Crippen MR) is 111 cm³/mol. The molecule has 10 heteroatoms. The van der Waals surface area contributed by atoms with Crippen molar-refractivity contribution in [3.63, 3.8) is 0 Å². The largest absolute Gasteiger partial charge is 0.383 e. The fourth-order valence-corrected chi connectivity index (χ4v) is 2.59. The number of benzene rings is 1. The Labute approximate surface area is 162 Å². The van der Waals surface area contributed by atoms with Gasteiger partial charge in [0, 0.05) is 20.7 Å². The normalized spacial score (nSPS) is 10.3. The zero-order chi connectivity index (χ0) is 19.1. The van der Waals surface area contributed by atoms with E-state index in [1.807, 2.05) is 44.3 Å². The van der Waals surface area contributed by atoms with Crippen molar-refractivity contribution in [1.82, 2.24) is 25.5 Å². The first kappa shape index (κ1) is 19.9. The van der Waals surface area contributed by atoms with Gasteiger partial charge in [0.25, 0.3) is 5.56 Å². The lowest BCUT2D eigenvalue weighted by Crippen LogP contribution is -2.49. The topological polar surface area (TPSA) is 84.3 Å². The van der Waals surface area contributed by atoms with Crippen molar-refractivity contribution in [1.29, 1.82) is 0 Å². The maximum atomic E-state index is 12.8. The number of anilines is 1. The van der Waals surface area contributed by atoms with Gasteiger partial charge in [-0.05, 0) is 43.5 Å². The van der Waals surface area contributed by atoms with E-state index in [-0.39, 0.29) is 10.7 Å². The molecule has 0 unspecified atom stereocenters. The molecule has 0 atom stereocenters. The number of hydrazine groups is 1. The molecule has 1 aromatic carbocycles. The van der Waals surface area contributed by atoms with Crippen LogP contribution in [0.3, 0.4) is 0 Å². The van der Waals surface area contributed by atoms with E-state index in [0.717, 1.165) is 11.4 Å². The number of hydrogen-bond donors (Lipinski definition) is 4. The van der Waals surface area contributed by atoms with E-state index in [1.165, 1.54) is 0 Å². The molecule has 4 N–H and O–H groups in total. The molecular weight excluding hydrogens is 372 g/mol. The summed E-state index contributed by atoms with van der Waals surface area (Å²) in [7, 11) is 3.43. The molecule has 0 amide bonds. The minimum atomic E-state index is -0.193. The fraction of sp³-hybridized carbons (Fsp3) is 0.312. The molecule has 26 heavy (non-hydrogen) atoms. The summed E-state index contributed by atoms with van der Waals surface area (Å²) in [5.74, 6) is 0. The molecule has 2 aromatic rings. The van der Waals surface area contributed by atoms with Crippen LogP contribution in [0.2, 0.25) is 0 Å². The monoisotopic (exact) mass is 394 g/mol. The van der Waals surface area contributed by atoms with E-state index in [0.29, 0.717) is 24.0 Å². The Balaban J connectivity index is 2.05. The number of rotatable bonds is 5. The highest BCUT2D eigenvalue weighted by Crippen LogP contribution is 2.13. The average Bonchev–Trinajstić information content (AvgIpc) is 2.84. The molecule has 0 fully saturated rings. The van der Waals surface area contributed by atoms with Gasteiger partial charge in [-0.1, -0.05) is 18.2 Å². The molecule has 0 aliphatic carbocycles. The van der Waals surface area contributed by atoms with Crippen molar-refractivity contribution < 1.29 is 4.74 Å². The van der Waals surface area contributed by atoms with Crippen LogP contribution >= 0.6 is 24.4 Å². The highest BCUT2D eigenvalue weighted by Gasteiger charge is 2.16. The minimum absolute atomic E-state index is 0.193. The Morgan fingerprint density at radius 1 is 1.15 bits per heavy atom. The number of methoxy groups -OCH3 is 1. The second-order valence-corrected chi connectivity index (χ2v) is 6.21. The molecule has 8 nitrogen and oxygen atoms in total. The van der Waals surface area contributed by atoms with E-state index < -0.39 is 0 Å². The SMILES string of the molecule is COCCNC(=S)NNC(=S)Nc1c(C)n(C)n(-c2ccccc2)c1=O. The molecule has 0 aliphatic heterocycles. The van der Waals surface area contributed by atoms with Crippen LogP contribution in [-0.2, 0) is 11.8 Å². The molecule has 0 saturated carbocycles. The standard InChI is InChI=1S/C16H22N6O2S2/c1-11-13(18-16(26)20-19-15(25)17-9-10-24-3)14(23)22(21(11)2)12-7-5-4-6-8-12/h4-8H,9-10H2,1-3H3,(H2,17,19,25)(H2,18,20,26). The summed E-state index contributed by atoms with van der Waals surface area (Å²) >= 11 is 10.3. The van der Waals surface area contributed by atoms with Crippen molar-refractivity contribution in [3.8, 4) is 5.69 Å². The molecule has 0 bridgehead atoms. The highest BCUT2D eigenvalue weighted by molar-refractivity contribution is 7.80. The molecule has 140 valence electrons. The van der Waals surface area contributed by atoms with Crippen LogP contribution in [0.5, 0.6) is 0 Å². The third kappa shape index (κ3) is 4.81. The minimum Gasteiger partial charge on any atom is -0.383 e. The molecule has 0 saturated heterocycles. The number of ether oxygens (including phenoxy) is 1. The number of para-hydroxylation sites is 1. The third-order valence-electron chi connectivity index (χ3n) is 3.67. The predicted octanol–water partition coefficient (Wildman–Crippen LogP) is 0.796. The Morgan fingerprint density at radius 2 is 1.81 bits per heavy atom. The number of aromatic nitrogens is 2. The van der Waals surface area contributed by atoms with Gasteiger partial charge >= 0.3 is 0 Å². The number of nitrogens with zero attached hydrogens (tertiary/aromatic N) is 2. The first-order valence-electron chi connectivity index (χ1n) is 7.89. The zero-order valence-electron chi connectivity index (χ0n) is 14.8. The third-order valence-corrected chi connectivity index (χ3v) is 4.12. The first-order chi connectivity index (χ1) is 12.5. The quantitative estimate of drug-likeness (QED) is 0.337. The van der Waals surface area contributed by atoms with Crippen LogP contribution < -0.4 is 27.0 Å². The van der Waals surface area contributed by atoms with Crippen LogP contribution in [0.1, 0.15) is 5.69 Å². The van der Waals surface area contributed by atoms with Crippen LogP contribution in [0.15, 0.2) is 35.1 Å². The molecular formula is C16H22N6O2S2. The molecule has 0 radical (unpaired) electrons. The van der Waals surface area contributed by atoms with Gasteiger partial charge in [-0.2, -0.15) is 0 Å². The summed E-state index contributed by atoms with van der Waals surface area (Å²) < 4.78 is 8.27. The Bertz CT molecular complexity index is 831. The average molecular weight is 395 g/mol. The molecule has 2 rings (SSSR count). The van der Waals surface area contributed by atoms with E-state index in [9.17, 15) is 4.79 Å². The van der Waals surface area contributed by atoms with E-state index >= 15 is 0 Å². The Kier molecular flexibility index (Phi) is 7.13. The highest BCUT2D eigenvalue weighted by atomic mass is 32.1. The maximum absolute atomic E-state index is 12.8. The number of hydrogen-bond acceptors (Lipinski definition) is 4. The van der Waals surface area contributed by atoms with E-state index in [1.54, 1.807) is 16.5 Å². The fourth-order valence-electron chi connectivity index (χ4n) is 2.28. The van der Waals surface area contributed by atoms with E-state index in [4.69, 9.17) is 29.2 Å². The second-order valence-electron chi connectivity index (χ2n) is 5.39. The molecule has 0 aliphatic rings. The summed E-state index contributed by atoms with van der Waals surface area (Å²) in [5, 5.41) is 6.46. The number of thiocarbonyl (C=S) groups is 2. The summed E-state index contributed by atoms with van der Waals surface area (Å²) in [4.78, 5) is 12.8. The number of nitrogens with one attached hydrogen (secondary N) is 4. The van der Waals surface area contributed by atoms with Gasteiger partial charge in [0.15, 0.2) is 10.2 Å². The lowest BCUT2D eigenvalue weighted by molar-refractivity contribution is 0.204. The van der Waals surface area contributed by atoms with Gasteiger partial charge in [0.1, 0.15) is 5.69 Å². The Morgan fingerprint density at radius 3 is 2.46 bits per heavy atom. The first-order valence-corrected chi connectivity index (χ1v) is 8.71. The second kappa shape index (κ2) is 9.32. The van der Waals surface area contributed by atoms with Gasteiger partial charge in [0.2, 0.25) is 0 Å². The summed E-state index contributed by atoms with van der Waals surface area (Å²) in [5.41, 5.74) is 7.23. The van der Waals surface area contributed by atoms with Crippen molar-refractivity contribution in [2.75, 3.05) is 25.6 Å². The van der Waals surface area contributed by atoms with Gasteiger partial charge in [-0.15, -0.1) is 0 Å². The molecule has 1 aromatic heterocycles. The summed E-state index contributed by atoms with van der Waals surface area (Å²) in [6.07, 6.45) is 0. The lowest BCUT2D eigenvalue weighted by Gasteiger charge is -2.13. The van der Waals surface area contributed by atoms with Gasteiger partial charge in [0.05, 0.1) is 18.0 Å². The van der Waals surface area contributed by atoms with Gasteiger partial charge in [-0.25, -0.2) is 4.68 Å². The maximum Gasteiger partial charge on any atom is 0.295 e. The van der Waals surface area contributed by atoms with Gasteiger partial charge < -0.3 is 15.4 Å². The summed E-state index contributed by atoms with van der Waals surface area (Å²) in [6.45, 7) is 2.95. The van der Waals surface area contributed by atoms with Crippen molar-refractivity contribution in [3.05, 3.63) is 46.4 Å². The molecule has 0 spiro atoms. The zero-order valence-corrected chi connectivity index (χ0v) is 16.5. The van der Waals surface area contributed by atoms with Crippen molar-refractivity contribution in [2.45, 2.75) is 6.92 Å². The van der Waals surface area contributed by atoms with Gasteiger partial charge in [-0.3, -0.25) is 20.3 Å². The summed E-state index contributed by atoms with van der Waals surface area (Å²) in [6, 6.07) is 9.40.